The van der Waals surface area contributed by atoms with Gasteiger partial charge in [-0.3, -0.25) is 9.36 Å². The van der Waals surface area contributed by atoms with Crippen molar-refractivity contribution in [3.63, 3.8) is 0 Å². The third-order valence-electron chi connectivity index (χ3n) is 7.70. The maximum absolute atomic E-state index is 13.3. The number of anilines is 2. The zero-order valence-corrected chi connectivity index (χ0v) is 24.6. The van der Waals surface area contributed by atoms with Gasteiger partial charge in [0.2, 0.25) is 16.0 Å². The van der Waals surface area contributed by atoms with Crippen LogP contribution < -0.4 is 10.9 Å². The Hall–Kier alpha value is -3.06. The van der Waals surface area contributed by atoms with Crippen LogP contribution in [-0.2, 0) is 21.3 Å². The van der Waals surface area contributed by atoms with E-state index < -0.39 is 15.3 Å². The lowest BCUT2D eigenvalue weighted by Gasteiger charge is -2.30. The number of rotatable bonds is 7. The Morgan fingerprint density at radius 1 is 1.15 bits per heavy atom. The van der Waals surface area contributed by atoms with Crippen LogP contribution in [0.2, 0.25) is 0 Å². The van der Waals surface area contributed by atoms with Crippen LogP contribution >= 0.6 is 15.9 Å². The van der Waals surface area contributed by atoms with Crippen LogP contribution in [0.4, 0.5) is 11.6 Å². The number of morpholine rings is 1. The zero-order valence-electron chi connectivity index (χ0n) is 22.2. The van der Waals surface area contributed by atoms with Gasteiger partial charge in [0.15, 0.2) is 0 Å². The molecule has 40 heavy (non-hydrogen) atoms. The molecule has 10 nitrogen and oxygen atoms in total. The van der Waals surface area contributed by atoms with E-state index in [9.17, 15) is 13.2 Å². The van der Waals surface area contributed by atoms with E-state index >= 15 is 0 Å². The third kappa shape index (κ3) is 5.32. The molecule has 2 fully saturated rings. The van der Waals surface area contributed by atoms with Crippen LogP contribution in [0.3, 0.4) is 0 Å². The number of nitrogens with zero attached hydrogens (tertiary/aromatic N) is 5. The van der Waals surface area contributed by atoms with Gasteiger partial charge in [-0.05, 0) is 71.7 Å². The van der Waals surface area contributed by atoms with E-state index in [1.165, 1.54) is 8.54 Å². The van der Waals surface area contributed by atoms with Crippen molar-refractivity contribution in [2.24, 2.45) is 0 Å². The number of pyridine rings is 1. The molecule has 4 heterocycles. The van der Waals surface area contributed by atoms with Gasteiger partial charge in [0.25, 0.3) is 5.56 Å². The fourth-order valence-corrected chi connectivity index (χ4v) is 7.90. The summed E-state index contributed by atoms with van der Waals surface area (Å²) in [5.41, 5.74) is 2.52. The molecule has 4 aromatic rings. The molecule has 0 radical (unpaired) electrons. The number of aromatic nitrogens is 4. The highest BCUT2D eigenvalue weighted by Gasteiger charge is 2.31. The van der Waals surface area contributed by atoms with Crippen LogP contribution in [0, 0.1) is 0 Å². The highest BCUT2D eigenvalue weighted by atomic mass is 79.9. The lowest BCUT2D eigenvalue weighted by molar-refractivity contribution is -0.0208. The number of halogens is 1. The Bertz CT molecular complexity index is 1700. The summed E-state index contributed by atoms with van der Waals surface area (Å²) in [7, 11) is -1.46. The predicted molar refractivity (Wildman–Crippen MR) is 158 cm³/mol. The van der Waals surface area contributed by atoms with Crippen LogP contribution in [0.5, 0.6) is 0 Å². The van der Waals surface area contributed by atoms with Gasteiger partial charge < -0.3 is 15.0 Å². The maximum Gasteiger partial charge on any atom is 0.266 e. The molecule has 2 aliphatic rings. The number of likely N-dealkylation sites (N-methyl/N-ethyl adjacent to an activating group) is 1. The molecule has 0 amide bonds. The number of hydrogen-bond acceptors (Lipinski definition) is 8. The van der Waals surface area contributed by atoms with Crippen LogP contribution in [0.15, 0.2) is 64.1 Å². The molecule has 0 bridgehead atoms. The average molecular weight is 628 g/mol. The molecular formula is C28H31BrN6O4S. The molecule has 1 aliphatic heterocycles. The number of nitrogens with one attached hydrogen (secondary N) is 1. The summed E-state index contributed by atoms with van der Waals surface area (Å²) in [6, 6.07) is 13.1. The van der Waals surface area contributed by atoms with E-state index in [1.54, 1.807) is 30.6 Å². The molecule has 12 heteroatoms. The van der Waals surface area contributed by atoms with Crippen molar-refractivity contribution in [1.29, 1.82) is 0 Å². The minimum atomic E-state index is -3.55. The minimum absolute atomic E-state index is 0.0361. The van der Waals surface area contributed by atoms with E-state index in [1.807, 2.05) is 24.3 Å². The fourth-order valence-electron chi connectivity index (χ4n) is 5.50. The highest BCUT2D eigenvalue weighted by molar-refractivity contribution is 9.10. The molecular weight excluding hydrogens is 596 g/mol. The van der Waals surface area contributed by atoms with Crippen molar-refractivity contribution in [2.45, 2.75) is 43.6 Å². The van der Waals surface area contributed by atoms with Crippen LogP contribution in [0.25, 0.3) is 11.0 Å². The minimum Gasteiger partial charge on any atom is -0.371 e. The van der Waals surface area contributed by atoms with E-state index in [-0.39, 0.29) is 18.2 Å². The van der Waals surface area contributed by atoms with Gasteiger partial charge in [0.1, 0.15) is 5.65 Å². The number of fused-ring (bicyclic) bond motifs is 1. The third-order valence-corrected chi connectivity index (χ3v) is 10.5. The fraction of sp³-hybridized carbons (Fsp3) is 0.393. The summed E-state index contributed by atoms with van der Waals surface area (Å²) < 4.78 is 35.8. The van der Waals surface area contributed by atoms with Gasteiger partial charge in [0, 0.05) is 36.6 Å². The van der Waals surface area contributed by atoms with Gasteiger partial charge in [-0.15, -0.1) is 0 Å². The van der Waals surface area contributed by atoms with Crippen LogP contribution in [-0.4, -0.2) is 63.8 Å². The normalized spacial score (nSPS) is 18.9. The summed E-state index contributed by atoms with van der Waals surface area (Å²) in [5, 5.41) is 3.48. The van der Waals surface area contributed by atoms with Gasteiger partial charge in [-0.25, -0.2) is 17.4 Å². The Kier molecular flexibility index (Phi) is 7.51. The highest BCUT2D eigenvalue weighted by Crippen LogP contribution is 2.28. The van der Waals surface area contributed by atoms with Crippen LogP contribution in [0.1, 0.15) is 43.0 Å². The van der Waals surface area contributed by atoms with Gasteiger partial charge in [0.05, 0.1) is 34.7 Å². The lowest BCUT2D eigenvalue weighted by atomic mass is 10.1. The van der Waals surface area contributed by atoms with Crippen molar-refractivity contribution < 1.29 is 13.2 Å². The second-order valence-electron chi connectivity index (χ2n) is 10.5. The molecule has 1 saturated carbocycles. The smallest absolute Gasteiger partial charge is 0.266 e. The summed E-state index contributed by atoms with van der Waals surface area (Å²) in [6.45, 7) is 2.54. The number of ether oxygens (including phenoxy) is 1. The maximum atomic E-state index is 13.3. The summed E-state index contributed by atoms with van der Waals surface area (Å²) in [4.78, 5) is 24.6. The summed E-state index contributed by atoms with van der Waals surface area (Å²) in [5.74, 6) is 0.332. The molecule has 6 rings (SSSR count). The second-order valence-corrected chi connectivity index (χ2v) is 13.4. The largest absolute Gasteiger partial charge is 0.371 e. The predicted octanol–water partition coefficient (Wildman–Crippen LogP) is 4.27. The van der Waals surface area contributed by atoms with Gasteiger partial charge >= 0.3 is 0 Å². The van der Waals surface area contributed by atoms with Gasteiger partial charge in [-0.2, -0.15) is 4.98 Å². The zero-order chi connectivity index (χ0) is 27.9. The van der Waals surface area contributed by atoms with Crippen molar-refractivity contribution in [3.8, 4) is 0 Å². The lowest BCUT2D eigenvalue weighted by Crippen LogP contribution is -2.35. The second kappa shape index (κ2) is 11.1. The van der Waals surface area contributed by atoms with Crippen molar-refractivity contribution >= 4 is 48.6 Å². The summed E-state index contributed by atoms with van der Waals surface area (Å²) >= 11 is 3.36. The van der Waals surface area contributed by atoms with E-state index in [2.05, 4.69) is 43.2 Å². The van der Waals surface area contributed by atoms with E-state index in [4.69, 9.17) is 4.74 Å². The first kappa shape index (κ1) is 27.1. The quantitative estimate of drug-likeness (QED) is 0.324. The SMILES string of the molecule is CN1CCOC(c2ccc(Nc3ncc4cc(Br)c(=O)n(Cc5cccn5S(=O)(=O)C5CCCC5)c4n3)cc2)C1. The Morgan fingerprint density at radius 3 is 2.67 bits per heavy atom. The molecule has 1 aromatic carbocycles. The van der Waals surface area contributed by atoms with Gasteiger partial charge in [-0.1, -0.05) is 25.0 Å². The topological polar surface area (TPSA) is 111 Å². The first-order valence-electron chi connectivity index (χ1n) is 13.4. The first-order chi connectivity index (χ1) is 19.3. The molecule has 1 N–H and O–H groups in total. The van der Waals surface area contributed by atoms with Crippen molar-refractivity contribution in [1.82, 2.24) is 23.4 Å². The molecule has 1 atom stereocenters. The Morgan fingerprint density at radius 2 is 1.93 bits per heavy atom. The molecule has 1 unspecified atom stereocenters. The molecule has 210 valence electrons. The van der Waals surface area contributed by atoms with Crippen molar-refractivity contribution in [2.75, 3.05) is 32.1 Å². The molecule has 3 aromatic heterocycles. The van der Waals surface area contributed by atoms with E-state index in [0.717, 1.165) is 37.2 Å². The summed E-state index contributed by atoms with van der Waals surface area (Å²) in [6.07, 6.45) is 6.40. The Balaban J connectivity index is 1.30. The monoisotopic (exact) mass is 626 g/mol. The average Bonchev–Trinajstić information content (AvgIpc) is 3.66. The molecule has 1 aliphatic carbocycles. The standard InChI is InChI=1S/C28H31BrN6O4S/c1-33-13-14-39-25(18-33)19-8-10-21(11-9-19)31-28-30-16-20-15-24(29)27(36)34(26(20)32-28)17-22-5-4-12-35(22)40(37,38)23-6-2-3-7-23/h4-5,8-12,15-16,23,25H,2-3,6-7,13-14,17-18H2,1H3,(H,30,31,32). The number of hydrogen-bond donors (Lipinski definition) is 1. The number of benzene rings is 1. The Labute approximate surface area is 241 Å². The first-order valence-corrected chi connectivity index (χ1v) is 15.7. The van der Waals surface area contributed by atoms with E-state index in [0.29, 0.717) is 46.6 Å². The molecule has 0 spiro atoms. The molecule has 1 saturated heterocycles. The van der Waals surface area contributed by atoms with Crippen molar-refractivity contribution in [3.05, 3.63) is 80.9 Å².